The minimum Gasteiger partial charge on any atom is -0.383 e. The first-order valence-corrected chi connectivity index (χ1v) is 13.2. The molecule has 2 N–H and O–H groups in total. The van der Waals surface area contributed by atoms with Gasteiger partial charge in [0, 0.05) is 59.7 Å². The molecule has 2 aromatic carbocycles. The van der Waals surface area contributed by atoms with Crippen molar-refractivity contribution in [1.29, 1.82) is 0 Å². The monoisotopic (exact) mass is 486 g/mol. The highest BCUT2D eigenvalue weighted by Crippen LogP contribution is 2.31. The normalized spacial score (nSPS) is 14.1. The van der Waals surface area contributed by atoms with E-state index in [4.69, 9.17) is 10.5 Å². The minimum absolute atomic E-state index is 0.280. The standard InChI is InChI=1S/C27H26N4O3S/c1-35(32,33)24-9-4-19(5-10-24)22-16-25(27(28)30-18-22)21-6-11-26(29-17-21)20-2-7-23(8-3-20)31-12-14-34-15-13-31/h2-11,16-18H,12-15H2,1H3,(H2,28,30). The van der Waals surface area contributed by atoms with Crippen molar-refractivity contribution >= 4 is 21.3 Å². The Morgan fingerprint density at radius 2 is 1.43 bits per heavy atom. The highest BCUT2D eigenvalue weighted by molar-refractivity contribution is 7.90. The number of rotatable bonds is 5. The molecule has 0 atom stereocenters. The summed E-state index contributed by atoms with van der Waals surface area (Å²) < 4.78 is 28.9. The van der Waals surface area contributed by atoms with E-state index in [0.29, 0.717) is 5.82 Å². The number of ether oxygens (including phenoxy) is 1. The molecule has 1 fully saturated rings. The van der Waals surface area contributed by atoms with Crippen molar-refractivity contribution in [2.45, 2.75) is 4.90 Å². The van der Waals surface area contributed by atoms with Gasteiger partial charge in [-0.3, -0.25) is 4.98 Å². The lowest BCUT2D eigenvalue weighted by atomic mass is 10.0. The van der Waals surface area contributed by atoms with E-state index in [0.717, 1.165) is 59.8 Å². The van der Waals surface area contributed by atoms with Crippen LogP contribution >= 0.6 is 0 Å². The molecule has 2 aromatic heterocycles. The third-order valence-corrected chi connectivity index (χ3v) is 7.28. The van der Waals surface area contributed by atoms with Crippen molar-refractivity contribution in [2.24, 2.45) is 0 Å². The number of nitrogens with zero attached hydrogens (tertiary/aromatic N) is 3. The zero-order chi connectivity index (χ0) is 24.4. The lowest BCUT2D eigenvalue weighted by molar-refractivity contribution is 0.122. The smallest absolute Gasteiger partial charge is 0.175 e. The third kappa shape index (κ3) is 5.03. The van der Waals surface area contributed by atoms with Crippen molar-refractivity contribution < 1.29 is 13.2 Å². The van der Waals surface area contributed by atoms with Gasteiger partial charge in [0.15, 0.2) is 9.84 Å². The van der Waals surface area contributed by atoms with Crippen LogP contribution in [0.15, 0.2) is 84.0 Å². The van der Waals surface area contributed by atoms with Gasteiger partial charge in [-0.2, -0.15) is 0 Å². The van der Waals surface area contributed by atoms with Crippen molar-refractivity contribution in [3.63, 3.8) is 0 Å². The molecule has 0 spiro atoms. The van der Waals surface area contributed by atoms with E-state index in [9.17, 15) is 8.42 Å². The predicted molar refractivity (Wildman–Crippen MR) is 139 cm³/mol. The summed E-state index contributed by atoms with van der Waals surface area (Å²) in [5, 5.41) is 0. The maximum absolute atomic E-state index is 11.7. The first kappa shape index (κ1) is 23.0. The third-order valence-electron chi connectivity index (χ3n) is 6.15. The van der Waals surface area contributed by atoms with E-state index in [1.165, 1.54) is 11.9 Å². The van der Waals surface area contributed by atoms with Crippen LogP contribution in [-0.2, 0) is 14.6 Å². The van der Waals surface area contributed by atoms with Crippen LogP contribution in [0.25, 0.3) is 33.5 Å². The molecule has 1 aliphatic rings. The fraction of sp³-hybridized carbons (Fsp3) is 0.185. The van der Waals surface area contributed by atoms with Gasteiger partial charge in [0.25, 0.3) is 0 Å². The van der Waals surface area contributed by atoms with Gasteiger partial charge in [0.05, 0.1) is 23.8 Å². The summed E-state index contributed by atoms with van der Waals surface area (Å²) in [6.07, 6.45) is 4.68. The Labute approximate surface area is 205 Å². The van der Waals surface area contributed by atoms with E-state index in [-0.39, 0.29) is 4.90 Å². The quantitative estimate of drug-likeness (QED) is 0.449. The van der Waals surface area contributed by atoms with Crippen molar-refractivity contribution in [3.8, 4) is 33.5 Å². The Hall–Kier alpha value is -3.75. The summed E-state index contributed by atoms with van der Waals surface area (Å²) in [6, 6.07) is 21.1. The highest BCUT2D eigenvalue weighted by atomic mass is 32.2. The minimum atomic E-state index is -3.25. The van der Waals surface area contributed by atoms with Crippen LogP contribution in [0.4, 0.5) is 11.5 Å². The number of pyridine rings is 2. The number of nitrogens with two attached hydrogens (primary N) is 1. The molecule has 0 aliphatic carbocycles. The van der Waals surface area contributed by atoms with E-state index in [1.807, 2.05) is 18.2 Å². The van der Waals surface area contributed by atoms with Gasteiger partial charge < -0.3 is 15.4 Å². The summed E-state index contributed by atoms with van der Waals surface area (Å²) in [6.45, 7) is 3.33. The molecule has 0 amide bonds. The number of morpholine rings is 1. The molecule has 8 heteroatoms. The van der Waals surface area contributed by atoms with Crippen molar-refractivity contribution in [2.75, 3.05) is 43.2 Å². The van der Waals surface area contributed by atoms with Crippen molar-refractivity contribution in [1.82, 2.24) is 9.97 Å². The van der Waals surface area contributed by atoms with E-state index < -0.39 is 9.84 Å². The maximum Gasteiger partial charge on any atom is 0.175 e. The molecule has 0 radical (unpaired) electrons. The van der Waals surface area contributed by atoms with Gasteiger partial charge >= 0.3 is 0 Å². The van der Waals surface area contributed by atoms with Crippen molar-refractivity contribution in [3.05, 3.63) is 79.1 Å². The lowest BCUT2D eigenvalue weighted by Crippen LogP contribution is -2.36. The Morgan fingerprint density at radius 3 is 2.06 bits per heavy atom. The summed E-state index contributed by atoms with van der Waals surface area (Å²) in [4.78, 5) is 11.6. The number of hydrogen-bond donors (Lipinski definition) is 1. The van der Waals surface area contributed by atoms with Crippen LogP contribution < -0.4 is 10.6 Å². The van der Waals surface area contributed by atoms with Crippen LogP contribution in [0.1, 0.15) is 0 Å². The maximum atomic E-state index is 11.7. The van der Waals surface area contributed by atoms with E-state index in [1.54, 1.807) is 36.7 Å². The topological polar surface area (TPSA) is 98.4 Å². The van der Waals surface area contributed by atoms with Crippen LogP contribution in [0, 0.1) is 0 Å². The molecule has 4 aromatic rings. The van der Waals surface area contributed by atoms with Crippen LogP contribution in [0.3, 0.4) is 0 Å². The van der Waals surface area contributed by atoms with Gasteiger partial charge in [-0.25, -0.2) is 13.4 Å². The molecule has 5 rings (SSSR count). The fourth-order valence-electron chi connectivity index (χ4n) is 4.15. The molecule has 0 unspecified atom stereocenters. The highest BCUT2D eigenvalue weighted by Gasteiger charge is 2.13. The number of hydrogen-bond acceptors (Lipinski definition) is 7. The van der Waals surface area contributed by atoms with Gasteiger partial charge in [0.1, 0.15) is 5.82 Å². The number of sulfone groups is 1. The second kappa shape index (κ2) is 9.48. The van der Waals surface area contributed by atoms with E-state index in [2.05, 4.69) is 39.1 Å². The van der Waals surface area contributed by atoms with Gasteiger partial charge in [-0.05, 0) is 42.0 Å². The number of aromatic nitrogens is 2. The molecule has 1 aliphatic heterocycles. The molecule has 3 heterocycles. The molecule has 178 valence electrons. The van der Waals surface area contributed by atoms with E-state index >= 15 is 0 Å². The van der Waals surface area contributed by atoms with Crippen LogP contribution in [0.2, 0.25) is 0 Å². The molecule has 0 bridgehead atoms. The summed E-state index contributed by atoms with van der Waals surface area (Å²) in [5.74, 6) is 0.408. The van der Waals surface area contributed by atoms with Crippen LogP contribution in [-0.4, -0.2) is 50.9 Å². The first-order valence-electron chi connectivity index (χ1n) is 11.3. The Kier molecular flexibility index (Phi) is 6.23. The Balaban J connectivity index is 1.38. The van der Waals surface area contributed by atoms with Gasteiger partial charge in [-0.1, -0.05) is 30.3 Å². The van der Waals surface area contributed by atoms with Gasteiger partial charge in [0.2, 0.25) is 0 Å². The molecule has 7 nitrogen and oxygen atoms in total. The van der Waals surface area contributed by atoms with Crippen LogP contribution in [0.5, 0.6) is 0 Å². The summed E-state index contributed by atoms with van der Waals surface area (Å²) in [5.41, 5.74) is 12.6. The summed E-state index contributed by atoms with van der Waals surface area (Å²) in [7, 11) is -3.25. The zero-order valence-corrected chi connectivity index (χ0v) is 20.2. The zero-order valence-electron chi connectivity index (χ0n) is 19.4. The Bertz CT molecular complexity index is 1430. The fourth-order valence-corrected chi connectivity index (χ4v) is 4.78. The summed E-state index contributed by atoms with van der Waals surface area (Å²) >= 11 is 0. The second-order valence-electron chi connectivity index (χ2n) is 8.53. The molecule has 1 saturated heterocycles. The molecular formula is C27H26N4O3S. The lowest BCUT2D eigenvalue weighted by Gasteiger charge is -2.28. The number of nitrogen functional groups attached to an aromatic ring is 1. The number of benzene rings is 2. The SMILES string of the molecule is CS(=O)(=O)c1ccc(-c2cnc(N)c(-c3ccc(-c4ccc(N5CCOCC5)cc4)nc3)c2)cc1. The number of anilines is 2. The average molecular weight is 487 g/mol. The molecular weight excluding hydrogens is 460 g/mol. The second-order valence-corrected chi connectivity index (χ2v) is 10.5. The largest absolute Gasteiger partial charge is 0.383 e. The molecule has 0 saturated carbocycles. The average Bonchev–Trinajstić information content (AvgIpc) is 2.89. The predicted octanol–water partition coefficient (Wildman–Crippen LogP) is 4.30. The van der Waals surface area contributed by atoms with Gasteiger partial charge in [-0.15, -0.1) is 0 Å². The Morgan fingerprint density at radius 1 is 0.800 bits per heavy atom. The molecule has 35 heavy (non-hydrogen) atoms. The first-order chi connectivity index (χ1) is 16.9.